The van der Waals surface area contributed by atoms with Crippen LogP contribution in [0.5, 0.6) is 11.5 Å². The highest BCUT2D eigenvalue weighted by Gasteiger charge is 2.52. The van der Waals surface area contributed by atoms with Gasteiger partial charge in [-0.1, -0.05) is 18.2 Å². The summed E-state index contributed by atoms with van der Waals surface area (Å²) in [5, 5.41) is 11.4. The smallest absolute Gasteiger partial charge is 0.231 e. The molecule has 0 spiro atoms. The van der Waals surface area contributed by atoms with Crippen LogP contribution < -0.4 is 9.47 Å². The van der Waals surface area contributed by atoms with Gasteiger partial charge in [0.15, 0.2) is 11.5 Å². The van der Waals surface area contributed by atoms with E-state index in [1.807, 2.05) is 6.07 Å². The van der Waals surface area contributed by atoms with Crippen LogP contribution in [-0.2, 0) is 21.4 Å². The first-order valence-electron chi connectivity index (χ1n) is 9.72. The quantitative estimate of drug-likeness (QED) is 0.825. The molecular formula is C21H22FNO5S. The molecule has 2 aromatic rings. The summed E-state index contributed by atoms with van der Waals surface area (Å²) >= 11 is 0. The van der Waals surface area contributed by atoms with Gasteiger partial charge in [-0.25, -0.2) is 12.8 Å². The second-order valence-electron chi connectivity index (χ2n) is 8.11. The lowest BCUT2D eigenvalue weighted by molar-refractivity contribution is -0.0341. The SMILES string of the molecule is O=S(=O)(Cc1cccc(F)c1)N1C2CCC1CC(O)(c1ccc3c(c1)OCO3)C2. The van der Waals surface area contributed by atoms with Crippen molar-refractivity contribution >= 4 is 10.0 Å². The molecule has 0 aromatic heterocycles. The molecule has 6 nitrogen and oxygen atoms in total. The van der Waals surface area contributed by atoms with Gasteiger partial charge in [-0.3, -0.25) is 0 Å². The first-order valence-corrected chi connectivity index (χ1v) is 11.3. The molecule has 0 saturated carbocycles. The third kappa shape index (κ3) is 3.29. The van der Waals surface area contributed by atoms with Gasteiger partial charge in [0.05, 0.1) is 11.4 Å². The normalized spacial score (nSPS) is 28.6. The molecule has 0 aliphatic carbocycles. The number of piperidine rings is 1. The number of hydrogen-bond donors (Lipinski definition) is 1. The van der Waals surface area contributed by atoms with Gasteiger partial charge >= 0.3 is 0 Å². The van der Waals surface area contributed by atoms with Crippen molar-refractivity contribution in [2.75, 3.05) is 6.79 Å². The maximum atomic E-state index is 13.5. The number of fused-ring (bicyclic) bond motifs is 3. The average Bonchev–Trinajstić information content (AvgIpc) is 3.24. The molecule has 3 aliphatic rings. The van der Waals surface area contributed by atoms with E-state index in [-0.39, 0.29) is 24.6 Å². The van der Waals surface area contributed by atoms with Crippen LogP contribution in [0.3, 0.4) is 0 Å². The standard InChI is InChI=1S/C21H22FNO5S/c22-16-3-1-2-14(8-16)12-29(25,26)23-17-5-6-18(23)11-21(24,10-17)15-4-7-19-20(9-15)28-13-27-19/h1-4,7-9,17-18,24H,5-6,10-13H2. The molecule has 3 aliphatic heterocycles. The van der Waals surface area contributed by atoms with Crippen molar-refractivity contribution in [1.82, 2.24) is 4.31 Å². The molecule has 154 valence electrons. The lowest BCUT2D eigenvalue weighted by Crippen LogP contribution is -2.52. The summed E-state index contributed by atoms with van der Waals surface area (Å²) < 4.78 is 52.0. The van der Waals surface area contributed by atoms with Gasteiger partial charge in [-0.15, -0.1) is 0 Å². The number of halogens is 1. The van der Waals surface area contributed by atoms with Gasteiger partial charge in [-0.2, -0.15) is 4.31 Å². The van der Waals surface area contributed by atoms with Crippen molar-refractivity contribution in [3.63, 3.8) is 0 Å². The van der Waals surface area contributed by atoms with E-state index in [2.05, 4.69) is 0 Å². The molecule has 29 heavy (non-hydrogen) atoms. The summed E-state index contributed by atoms with van der Waals surface area (Å²) in [6.07, 6.45) is 2.07. The number of ether oxygens (including phenoxy) is 2. The van der Waals surface area contributed by atoms with Gasteiger partial charge in [0.1, 0.15) is 5.82 Å². The predicted molar refractivity (Wildman–Crippen MR) is 103 cm³/mol. The summed E-state index contributed by atoms with van der Waals surface area (Å²) in [6.45, 7) is 0.161. The minimum atomic E-state index is -3.62. The molecule has 2 aromatic carbocycles. The van der Waals surface area contributed by atoms with Crippen molar-refractivity contribution in [3.05, 3.63) is 59.4 Å². The summed E-state index contributed by atoms with van der Waals surface area (Å²) in [7, 11) is -3.62. The molecule has 2 saturated heterocycles. The first kappa shape index (κ1) is 18.8. The first-order chi connectivity index (χ1) is 13.8. The van der Waals surface area contributed by atoms with Crippen LogP contribution in [0, 0.1) is 5.82 Å². The zero-order valence-electron chi connectivity index (χ0n) is 15.8. The number of nitrogens with zero attached hydrogens (tertiary/aromatic N) is 1. The monoisotopic (exact) mass is 419 g/mol. The van der Waals surface area contributed by atoms with E-state index in [1.54, 1.807) is 22.5 Å². The molecule has 2 unspecified atom stereocenters. The van der Waals surface area contributed by atoms with E-state index in [0.29, 0.717) is 42.7 Å². The van der Waals surface area contributed by atoms with Crippen molar-refractivity contribution in [1.29, 1.82) is 0 Å². The molecule has 2 bridgehead atoms. The van der Waals surface area contributed by atoms with Crippen LogP contribution in [0.2, 0.25) is 0 Å². The highest BCUT2D eigenvalue weighted by molar-refractivity contribution is 7.88. The van der Waals surface area contributed by atoms with Crippen LogP contribution in [0.25, 0.3) is 0 Å². The minimum absolute atomic E-state index is 0.161. The maximum absolute atomic E-state index is 13.5. The predicted octanol–water partition coefficient (Wildman–Crippen LogP) is 2.90. The number of sulfonamides is 1. The Labute approximate surface area is 168 Å². The number of benzene rings is 2. The zero-order chi connectivity index (χ0) is 20.2. The van der Waals surface area contributed by atoms with Crippen LogP contribution in [0.1, 0.15) is 36.8 Å². The largest absolute Gasteiger partial charge is 0.454 e. The Balaban J connectivity index is 1.40. The second kappa shape index (κ2) is 6.68. The van der Waals surface area contributed by atoms with E-state index in [1.165, 1.54) is 18.2 Å². The summed E-state index contributed by atoms with van der Waals surface area (Å²) in [5.74, 6) is 0.566. The Hall–Kier alpha value is -2.16. The van der Waals surface area contributed by atoms with E-state index in [4.69, 9.17) is 9.47 Å². The Morgan fingerprint density at radius 1 is 1.07 bits per heavy atom. The number of aliphatic hydroxyl groups is 1. The van der Waals surface area contributed by atoms with Crippen molar-refractivity contribution in [3.8, 4) is 11.5 Å². The molecule has 2 fully saturated rings. The minimum Gasteiger partial charge on any atom is -0.454 e. The molecule has 8 heteroatoms. The molecule has 2 atom stereocenters. The fraction of sp³-hybridized carbons (Fsp3) is 0.429. The molecule has 0 amide bonds. The third-order valence-corrected chi connectivity index (χ3v) is 8.11. The lowest BCUT2D eigenvalue weighted by atomic mass is 9.81. The van der Waals surface area contributed by atoms with Crippen molar-refractivity contribution in [2.45, 2.75) is 49.1 Å². The summed E-state index contributed by atoms with van der Waals surface area (Å²) in [6, 6.07) is 10.5. The van der Waals surface area contributed by atoms with Crippen LogP contribution in [0.15, 0.2) is 42.5 Å². The van der Waals surface area contributed by atoms with Gasteiger partial charge in [0.25, 0.3) is 0 Å². The maximum Gasteiger partial charge on any atom is 0.231 e. The fourth-order valence-electron chi connectivity index (χ4n) is 4.97. The van der Waals surface area contributed by atoms with Crippen LogP contribution in [0.4, 0.5) is 4.39 Å². The molecule has 1 N–H and O–H groups in total. The fourth-order valence-corrected chi connectivity index (χ4v) is 6.99. The topological polar surface area (TPSA) is 76.1 Å². The van der Waals surface area contributed by atoms with Gasteiger partial charge < -0.3 is 14.6 Å². The molecule has 0 radical (unpaired) electrons. The van der Waals surface area contributed by atoms with Crippen molar-refractivity contribution < 1.29 is 27.4 Å². The second-order valence-corrected chi connectivity index (χ2v) is 9.98. The summed E-state index contributed by atoms with van der Waals surface area (Å²) in [5.41, 5.74) is 0.0411. The van der Waals surface area contributed by atoms with E-state index >= 15 is 0 Å². The van der Waals surface area contributed by atoms with Crippen molar-refractivity contribution in [2.24, 2.45) is 0 Å². The van der Waals surface area contributed by atoms with Gasteiger partial charge in [0.2, 0.25) is 16.8 Å². The van der Waals surface area contributed by atoms with Gasteiger partial charge in [-0.05, 0) is 61.1 Å². The third-order valence-electron chi connectivity index (χ3n) is 6.17. The van der Waals surface area contributed by atoms with E-state index in [9.17, 15) is 17.9 Å². The van der Waals surface area contributed by atoms with Gasteiger partial charge in [0, 0.05) is 12.1 Å². The summed E-state index contributed by atoms with van der Waals surface area (Å²) in [4.78, 5) is 0. The molecule has 3 heterocycles. The highest BCUT2D eigenvalue weighted by Crippen LogP contribution is 2.48. The Kier molecular flexibility index (Phi) is 4.34. The Morgan fingerprint density at radius 3 is 2.52 bits per heavy atom. The number of rotatable bonds is 4. The van der Waals surface area contributed by atoms with E-state index in [0.717, 1.165) is 5.56 Å². The lowest BCUT2D eigenvalue weighted by Gasteiger charge is -2.43. The Bertz CT molecular complexity index is 1040. The van der Waals surface area contributed by atoms with Crippen LogP contribution >= 0.6 is 0 Å². The Morgan fingerprint density at radius 2 is 1.79 bits per heavy atom. The van der Waals surface area contributed by atoms with E-state index < -0.39 is 21.4 Å². The van der Waals surface area contributed by atoms with Crippen LogP contribution in [-0.4, -0.2) is 36.7 Å². The number of hydrogen-bond acceptors (Lipinski definition) is 5. The molecule has 5 rings (SSSR count). The zero-order valence-corrected chi connectivity index (χ0v) is 16.6. The molecular weight excluding hydrogens is 397 g/mol. The highest BCUT2D eigenvalue weighted by atomic mass is 32.2. The average molecular weight is 419 g/mol.